The highest BCUT2D eigenvalue weighted by molar-refractivity contribution is 9.10. The smallest absolute Gasteiger partial charge is 0.106 e. The summed E-state index contributed by atoms with van der Waals surface area (Å²) in [5.41, 5.74) is 3.66. The van der Waals surface area contributed by atoms with Crippen LogP contribution in [0.5, 0.6) is 0 Å². The van der Waals surface area contributed by atoms with Crippen molar-refractivity contribution < 1.29 is 5.11 Å². The maximum Gasteiger partial charge on any atom is 0.106 e. The third-order valence-corrected chi connectivity index (χ3v) is 3.98. The molecule has 2 nitrogen and oxygen atoms in total. The molecule has 3 heteroatoms. The number of rotatable bonds is 2. The van der Waals surface area contributed by atoms with Crippen LogP contribution in [0.2, 0.25) is 0 Å². The predicted octanol–water partition coefficient (Wildman–Crippen LogP) is 4.39. The number of hydrogen-bond donors (Lipinski definition) is 1. The van der Waals surface area contributed by atoms with Crippen molar-refractivity contribution >= 4 is 26.8 Å². The van der Waals surface area contributed by atoms with Gasteiger partial charge in [0, 0.05) is 21.6 Å². The van der Waals surface area contributed by atoms with Gasteiger partial charge in [0.1, 0.15) is 6.10 Å². The lowest BCUT2D eigenvalue weighted by atomic mass is 9.96. The molecule has 1 heterocycles. The molecule has 1 N–H and O–H groups in total. The molecular formula is C17H14BrNO. The minimum Gasteiger partial charge on any atom is -0.384 e. The van der Waals surface area contributed by atoms with Gasteiger partial charge in [-0.05, 0) is 36.2 Å². The molecule has 1 aromatic heterocycles. The number of aryl methyl sites for hydroxylation is 1. The second-order valence-corrected chi connectivity index (χ2v) is 5.74. The van der Waals surface area contributed by atoms with Crippen LogP contribution < -0.4 is 0 Å². The van der Waals surface area contributed by atoms with Crippen molar-refractivity contribution in [3.63, 3.8) is 0 Å². The average molecular weight is 328 g/mol. The van der Waals surface area contributed by atoms with E-state index >= 15 is 0 Å². The summed E-state index contributed by atoms with van der Waals surface area (Å²) in [6.07, 6.45) is 1.09. The number of hydrogen-bond acceptors (Lipinski definition) is 2. The van der Waals surface area contributed by atoms with Gasteiger partial charge in [0.05, 0.1) is 5.52 Å². The number of para-hydroxylation sites is 1. The molecule has 0 bridgehead atoms. The molecule has 3 rings (SSSR count). The van der Waals surface area contributed by atoms with Crippen molar-refractivity contribution in [3.8, 4) is 0 Å². The number of aliphatic hydroxyl groups excluding tert-OH is 1. The van der Waals surface area contributed by atoms with Crippen LogP contribution in [0.15, 0.2) is 59.2 Å². The van der Waals surface area contributed by atoms with Gasteiger partial charge in [-0.1, -0.05) is 46.3 Å². The maximum absolute atomic E-state index is 10.7. The second kappa shape index (κ2) is 5.35. The topological polar surface area (TPSA) is 33.1 Å². The van der Waals surface area contributed by atoms with Gasteiger partial charge in [-0.3, -0.25) is 4.98 Å². The van der Waals surface area contributed by atoms with Crippen molar-refractivity contribution in [1.29, 1.82) is 0 Å². The molecular weight excluding hydrogens is 314 g/mol. The van der Waals surface area contributed by atoms with E-state index < -0.39 is 6.10 Å². The lowest BCUT2D eigenvalue weighted by molar-refractivity contribution is 0.221. The predicted molar refractivity (Wildman–Crippen MR) is 84.7 cm³/mol. The standard InChI is InChI=1S/C17H14BrNO/c1-11-10-13(18)7-8-14(11)17(20)15-6-2-4-12-5-3-9-19-16(12)15/h2-10,17,20H,1H3. The van der Waals surface area contributed by atoms with Crippen LogP contribution in [0.4, 0.5) is 0 Å². The van der Waals surface area contributed by atoms with Gasteiger partial charge in [0.2, 0.25) is 0 Å². The maximum atomic E-state index is 10.7. The van der Waals surface area contributed by atoms with Crippen molar-refractivity contribution in [3.05, 3.63) is 75.9 Å². The zero-order valence-corrected chi connectivity index (χ0v) is 12.6. The summed E-state index contributed by atoms with van der Waals surface area (Å²) in [6.45, 7) is 2.00. The summed E-state index contributed by atoms with van der Waals surface area (Å²) in [4.78, 5) is 4.41. The van der Waals surface area contributed by atoms with Crippen LogP contribution in [-0.4, -0.2) is 10.1 Å². The van der Waals surface area contributed by atoms with E-state index in [-0.39, 0.29) is 0 Å². The lowest BCUT2D eigenvalue weighted by Gasteiger charge is -2.16. The van der Waals surface area contributed by atoms with E-state index in [1.54, 1.807) is 6.20 Å². The zero-order valence-electron chi connectivity index (χ0n) is 11.0. The third kappa shape index (κ3) is 2.35. The summed E-state index contributed by atoms with van der Waals surface area (Å²) < 4.78 is 1.02. The molecule has 0 aliphatic carbocycles. The fraction of sp³-hybridized carbons (Fsp3) is 0.118. The molecule has 0 aliphatic heterocycles. The Morgan fingerprint density at radius 1 is 1.05 bits per heavy atom. The first-order valence-corrected chi connectivity index (χ1v) is 7.24. The van der Waals surface area contributed by atoms with Crippen LogP contribution in [0.3, 0.4) is 0 Å². The summed E-state index contributed by atoms with van der Waals surface area (Å²) in [7, 11) is 0. The minimum atomic E-state index is -0.665. The summed E-state index contributed by atoms with van der Waals surface area (Å²) in [5.74, 6) is 0. The number of pyridine rings is 1. The largest absolute Gasteiger partial charge is 0.384 e. The molecule has 0 saturated heterocycles. The molecule has 2 aromatic carbocycles. The van der Waals surface area contributed by atoms with E-state index in [9.17, 15) is 5.11 Å². The van der Waals surface area contributed by atoms with Gasteiger partial charge in [0.15, 0.2) is 0 Å². The quantitative estimate of drug-likeness (QED) is 0.757. The molecule has 1 atom stereocenters. The molecule has 1 unspecified atom stereocenters. The molecule has 0 radical (unpaired) electrons. The van der Waals surface area contributed by atoms with Gasteiger partial charge in [0.25, 0.3) is 0 Å². The number of aromatic nitrogens is 1. The fourth-order valence-electron chi connectivity index (χ4n) is 2.46. The Morgan fingerprint density at radius 3 is 2.65 bits per heavy atom. The Hall–Kier alpha value is -1.71. The Labute approximate surface area is 126 Å². The number of nitrogens with zero attached hydrogens (tertiary/aromatic N) is 1. The molecule has 20 heavy (non-hydrogen) atoms. The normalized spacial score (nSPS) is 12.6. The van der Waals surface area contributed by atoms with Crippen molar-refractivity contribution in [1.82, 2.24) is 4.98 Å². The van der Waals surface area contributed by atoms with Gasteiger partial charge in [-0.2, -0.15) is 0 Å². The van der Waals surface area contributed by atoms with Crippen molar-refractivity contribution in [2.45, 2.75) is 13.0 Å². The highest BCUT2D eigenvalue weighted by Crippen LogP contribution is 2.30. The minimum absolute atomic E-state index is 0.665. The molecule has 0 amide bonds. The van der Waals surface area contributed by atoms with E-state index in [2.05, 4.69) is 20.9 Å². The Bertz CT molecular complexity index is 765. The van der Waals surface area contributed by atoms with Crippen LogP contribution in [0.1, 0.15) is 22.8 Å². The first-order valence-electron chi connectivity index (χ1n) is 6.44. The number of halogens is 1. The SMILES string of the molecule is Cc1cc(Br)ccc1C(O)c1cccc2cccnc12. The summed E-state index contributed by atoms with van der Waals surface area (Å²) in [6, 6.07) is 15.7. The molecule has 100 valence electrons. The third-order valence-electron chi connectivity index (χ3n) is 3.48. The highest BCUT2D eigenvalue weighted by atomic mass is 79.9. The van der Waals surface area contributed by atoms with Crippen LogP contribution >= 0.6 is 15.9 Å². The first-order chi connectivity index (χ1) is 9.66. The Morgan fingerprint density at radius 2 is 1.85 bits per heavy atom. The monoisotopic (exact) mass is 327 g/mol. The van der Waals surface area contributed by atoms with E-state index in [1.165, 1.54) is 0 Å². The fourth-order valence-corrected chi connectivity index (χ4v) is 2.94. The second-order valence-electron chi connectivity index (χ2n) is 4.83. The number of fused-ring (bicyclic) bond motifs is 1. The van der Waals surface area contributed by atoms with Crippen LogP contribution in [0.25, 0.3) is 10.9 Å². The van der Waals surface area contributed by atoms with E-state index in [1.807, 2.05) is 55.5 Å². The van der Waals surface area contributed by atoms with E-state index in [4.69, 9.17) is 0 Å². The Balaban J connectivity index is 2.15. The first kappa shape index (κ1) is 13.3. The molecule has 0 fully saturated rings. The van der Waals surface area contributed by atoms with Crippen LogP contribution in [-0.2, 0) is 0 Å². The van der Waals surface area contributed by atoms with Gasteiger partial charge in [-0.25, -0.2) is 0 Å². The zero-order chi connectivity index (χ0) is 14.1. The summed E-state index contributed by atoms with van der Waals surface area (Å²) >= 11 is 3.45. The molecule has 0 spiro atoms. The van der Waals surface area contributed by atoms with Crippen molar-refractivity contribution in [2.75, 3.05) is 0 Å². The number of aliphatic hydroxyl groups is 1. The lowest BCUT2D eigenvalue weighted by Crippen LogP contribution is -2.03. The molecule has 0 saturated carbocycles. The van der Waals surface area contributed by atoms with Crippen molar-refractivity contribution in [2.24, 2.45) is 0 Å². The van der Waals surface area contributed by atoms with Crippen LogP contribution in [0, 0.1) is 6.92 Å². The average Bonchev–Trinajstić information content (AvgIpc) is 2.46. The van der Waals surface area contributed by atoms with E-state index in [0.717, 1.165) is 32.1 Å². The summed E-state index contributed by atoms with van der Waals surface area (Å²) in [5, 5.41) is 11.7. The van der Waals surface area contributed by atoms with Gasteiger partial charge in [-0.15, -0.1) is 0 Å². The highest BCUT2D eigenvalue weighted by Gasteiger charge is 2.16. The molecule has 0 aliphatic rings. The Kier molecular flexibility index (Phi) is 3.55. The van der Waals surface area contributed by atoms with E-state index in [0.29, 0.717) is 0 Å². The number of benzene rings is 2. The van der Waals surface area contributed by atoms with Gasteiger partial charge >= 0.3 is 0 Å². The molecule has 3 aromatic rings. The van der Waals surface area contributed by atoms with Gasteiger partial charge < -0.3 is 5.11 Å².